The Morgan fingerprint density at radius 3 is 2.45 bits per heavy atom. The lowest BCUT2D eigenvalue weighted by Gasteiger charge is -2.30. The highest BCUT2D eigenvalue weighted by Crippen LogP contribution is 2.35. The molecule has 0 aromatic carbocycles. The number of aryl methyl sites for hydroxylation is 2. The van der Waals surface area contributed by atoms with Gasteiger partial charge in [0.15, 0.2) is 5.65 Å². The van der Waals surface area contributed by atoms with E-state index >= 15 is 0 Å². The van der Waals surface area contributed by atoms with Gasteiger partial charge in [-0.15, -0.1) is 11.6 Å². The quantitative estimate of drug-likeness (QED) is 0.797. The molecule has 20 heavy (non-hydrogen) atoms. The Morgan fingerprint density at radius 1 is 1.30 bits per heavy atom. The topological polar surface area (TPSA) is 35.6 Å². The van der Waals surface area contributed by atoms with Gasteiger partial charge < -0.3 is 4.57 Å². The van der Waals surface area contributed by atoms with Gasteiger partial charge in [-0.1, -0.05) is 34.1 Å². The van der Waals surface area contributed by atoms with Crippen LogP contribution in [0.5, 0.6) is 0 Å². The van der Waals surface area contributed by atoms with Crippen LogP contribution in [-0.4, -0.2) is 19.3 Å². The first kappa shape index (κ1) is 15.4. The summed E-state index contributed by atoms with van der Waals surface area (Å²) in [6.45, 7) is 11.1. The lowest BCUT2D eigenvalue weighted by Crippen LogP contribution is -2.23. The van der Waals surface area contributed by atoms with Gasteiger partial charge in [-0.25, -0.2) is 4.98 Å². The molecule has 2 aromatic rings. The maximum Gasteiger partial charge on any atom is 0.158 e. The number of rotatable bonds is 4. The number of fused-ring (bicyclic) bond motifs is 1. The first-order valence-electron chi connectivity index (χ1n) is 7.29. The van der Waals surface area contributed by atoms with Crippen molar-refractivity contribution < 1.29 is 0 Å². The largest absolute Gasteiger partial charge is 0.309 e. The van der Waals surface area contributed by atoms with Gasteiger partial charge in [-0.2, -0.15) is 5.10 Å². The van der Waals surface area contributed by atoms with Gasteiger partial charge in [0.05, 0.1) is 11.6 Å². The number of halogens is 1. The summed E-state index contributed by atoms with van der Waals surface area (Å²) >= 11 is 6.12. The summed E-state index contributed by atoms with van der Waals surface area (Å²) in [7, 11) is 1.99. The fraction of sp³-hybridized carbons (Fsp3) is 0.733. The van der Waals surface area contributed by atoms with Crippen molar-refractivity contribution in [3.05, 3.63) is 11.5 Å². The predicted octanol–water partition coefficient (Wildman–Crippen LogP) is 4.07. The molecule has 2 rings (SSSR count). The van der Waals surface area contributed by atoms with Crippen molar-refractivity contribution in [3.8, 4) is 0 Å². The van der Waals surface area contributed by atoms with Crippen LogP contribution in [0.15, 0.2) is 0 Å². The van der Waals surface area contributed by atoms with Crippen molar-refractivity contribution in [3.63, 3.8) is 0 Å². The third-order valence-electron chi connectivity index (χ3n) is 4.06. The van der Waals surface area contributed by atoms with Gasteiger partial charge >= 0.3 is 0 Å². The summed E-state index contributed by atoms with van der Waals surface area (Å²) in [5.41, 5.74) is 3.33. The molecule has 2 heterocycles. The minimum absolute atomic E-state index is 0.142. The predicted molar refractivity (Wildman–Crippen MR) is 84.2 cm³/mol. The van der Waals surface area contributed by atoms with E-state index in [1.54, 1.807) is 0 Å². The summed E-state index contributed by atoms with van der Waals surface area (Å²) in [4.78, 5) is 4.75. The van der Waals surface area contributed by atoms with Crippen LogP contribution in [0.3, 0.4) is 0 Å². The van der Waals surface area contributed by atoms with Gasteiger partial charge in [0.2, 0.25) is 0 Å². The van der Waals surface area contributed by atoms with Crippen LogP contribution in [0.1, 0.15) is 58.6 Å². The average Bonchev–Trinajstić information content (AvgIpc) is 2.87. The highest BCUT2D eigenvalue weighted by molar-refractivity contribution is 6.16. The molecule has 0 bridgehead atoms. The van der Waals surface area contributed by atoms with Crippen molar-refractivity contribution in [2.45, 2.75) is 59.4 Å². The molecule has 1 unspecified atom stereocenters. The zero-order valence-corrected chi connectivity index (χ0v) is 14.1. The van der Waals surface area contributed by atoms with E-state index in [4.69, 9.17) is 16.6 Å². The minimum atomic E-state index is 0.142. The third kappa shape index (κ3) is 2.46. The van der Waals surface area contributed by atoms with Crippen molar-refractivity contribution in [2.75, 3.05) is 0 Å². The average molecular weight is 297 g/mol. The Bertz CT molecular complexity index is 603. The standard InChI is InChI=1S/C15H25ClN4/c1-7-8-11-13-14(19(6)18-11)20(12(9-16)17-13)10(2)15(3,4)5/h10H,7-9H2,1-6H3. The molecule has 2 aromatic heterocycles. The van der Waals surface area contributed by atoms with Crippen LogP contribution >= 0.6 is 11.6 Å². The van der Waals surface area contributed by atoms with Crippen LogP contribution in [0.2, 0.25) is 0 Å². The first-order chi connectivity index (χ1) is 9.31. The summed E-state index contributed by atoms with van der Waals surface area (Å²) in [6.07, 6.45) is 2.03. The Morgan fingerprint density at radius 2 is 1.95 bits per heavy atom. The fourth-order valence-corrected chi connectivity index (χ4v) is 2.73. The van der Waals surface area contributed by atoms with Crippen molar-refractivity contribution in [1.29, 1.82) is 0 Å². The van der Waals surface area contributed by atoms with Gasteiger partial charge in [0.25, 0.3) is 0 Å². The highest BCUT2D eigenvalue weighted by atomic mass is 35.5. The molecule has 0 radical (unpaired) electrons. The maximum absolute atomic E-state index is 6.12. The number of hydrogen-bond acceptors (Lipinski definition) is 2. The molecule has 0 amide bonds. The SMILES string of the molecule is CCCc1nn(C)c2c1nc(CCl)n2C(C)C(C)(C)C. The molecule has 0 spiro atoms. The van der Waals surface area contributed by atoms with Gasteiger partial charge in [0, 0.05) is 13.1 Å². The van der Waals surface area contributed by atoms with E-state index in [0.29, 0.717) is 11.9 Å². The molecule has 4 nitrogen and oxygen atoms in total. The molecular formula is C15H25ClN4. The number of alkyl halides is 1. The van der Waals surface area contributed by atoms with E-state index < -0.39 is 0 Å². The van der Waals surface area contributed by atoms with E-state index in [-0.39, 0.29) is 5.41 Å². The second-order valence-corrected chi connectivity index (χ2v) is 6.83. The Balaban J connectivity index is 2.69. The van der Waals surface area contributed by atoms with Gasteiger partial charge in [-0.05, 0) is 18.8 Å². The van der Waals surface area contributed by atoms with Crippen LogP contribution in [-0.2, 0) is 19.3 Å². The van der Waals surface area contributed by atoms with E-state index in [9.17, 15) is 0 Å². The number of imidazole rings is 1. The second kappa shape index (κ2) is 5.40. The summed E-state index contributed by atoms with van der Waals surface area (Å²) in [5, 5.41) is 4.63. The second-order valence-electron chi connectivity index (χ2n) is 6.57. The molecule has 0 aliphatic rings. The van der Waals surface area contributed by atoms with E-state index in [2.05, 4.69) is 44.3 Å². The normalized spacial score (nSPS) is 14.2. The van der Waals surface area contributed by atoms with E-state index in [1.165, 1.54) is 0 Å². The zero-order valence-electron chi connectivity index (χ0n) is 13.4. The van der Waals surface area contributed by atoms with Crippen LogP contribution in [0.25, 0.3) is 11.2 Å². The zero-order chi connectivity index (χ0) is 15.1. The number of nitrogens with zero attached hydrogens (tertiary/aromatic N) is 4. The molecular weight excluding hydrogens is 272 g/mol. The molecule has 1 atom stereocenters. The maximum atomic E-state index is 6.12. The fourth-order valence-electron chi connectivity index (χ4n) is 2.54. The smallest absolute Gasteiger partial charge is 0.158 e. The Hall–Kier alpha value is -1.03. The molecule has 0 fully saturated rings. The number of hydrogen-bond donors (Lipinski definition) is 0. The lowest BCUT2D eigenvalue weighted by atomic mass is 9.88. The summed E-state index contributed by atoms with van der Waals surface area (Å²) < 4.78 is 4.21. The van der Waals surface area contributed by atoms with Crippen LogP contribution in [0, 0.1) is 5.41 Å². The summed E-state index contributed by atoms with van der Waals surface area (Å²) in [6, 6.07) is 0.311. The Labute approximate surface area is 126 Å². The Kier molecular flexibility index (Phi) is 4.14. The van der Waals surface area contributed by atoms with Crippen molar-refractivity contribution in [2.24, 2.45) is 12.5 Å². The number of aromatic nitrogens is 4. The lowest BCUT2D eigenvalue weighted by molar-refractivity contribution is 0.261. The molecule has 5 heteroatoms. The molecule has 0 aliphatic heterocycles. The summed E-state index contributed by atoms with van der Waals surface area (Å²) in [5.74, 6) is 1.37. The van der Waals surface area contributed by atoms with E-state index in [0.717, 1.165) is 35.5 Å². The van der Waals surface area contributed by atoms with Crippen LogP contribution in [0.4, 0.5) is 0 Å². The highest BCUT2D eigenvalue weighted by Gasteiger charge is 2.28. The minimum Gasteiger partial charge on any atom is -0.309 e. The first-order valence-corrected chi connectivity index (χ1v) is 7.83. The molecule has 0 aliphatic carbocycles. The molecule has 0 N–H and O–H groups in total. The van der Waals surface area contributed by atoms with Gasteiger partial charge in [-0.3, -0.25) is 4.68 Å². The van der Waals surface area contributed by atoms with Gasteiger partial charge in [0.1, 0.15) is 11.3 Å². The third-order valence-corrected chi connectivity index (χ3v) is 4.30. The monoisotopic (exact) mass is 296 g/mol. The van der Waals surface area contributed by atoms with Crippen LogP contribution < -0.4 is 0 Å². The molecule has 0 saturated carbocycles. The molecule has 112 valence electrons. The van der Waals surface area contributed by atoms with E-state index in [1.807, 2.05) is 11.7 Å². The molecule has 0 saturated heterocycles. The van der Waals surface area contributed by atoms with Crippen molar-refractivity contribution in [1.82, 2.24) is 19.3 Å². The van der Waals surface area contributed by atoms with Crippen molar-refractivity contribution >= 4 is 22.8 Å².